The number of amides is 1. The molecule has 58 valence electrons. The summed E-state index contributed by atoms with van der Waals surface area (Å²) in [5.41, 5.74) is 0. The van der Waals surface area contributed by atoms with E-state index < -0.39 is 17.4 Å². The van der Waals surface area contributed by atoms with Crippen LogP contribution in [0.1, 0.15) is 6.92 Å². The minimum Gasteiger partial charge on any atom is -0.453 e. The molecule has 0 spiro atoms. The zero-order valence-electron chi connectivity index (χ0n) is 5.68. The minimum absolute atomic E-state index is 0.620. The lowest BCUT2D eigenvalue weighted by Gasteiger charge is -2.06. The number of nitrogens with one attached hydrogen (secondary N) is 1. The molecule has 0 saturated carbocycles. The molecule has 0 saturated heterocycles. The largest absolute Gasteiger partial charge is 0.453 e. The third-order valence-corrected chi connectivity index (χ3v) is 1.19. The van der Waals surface area contributed by atoms with Crippen molar-refractivity contribution in [3.05, 3.63) is 0 Å². The fourth-order valence-corrected chi connectivity index (χ4v) is 0.347. The molecule has 0 aliphatic rings. The van der Waals surface area contributed by atoms with Crippen LogP contribution in [0, 0.1) is 0 Å². The molecule has 4 nitrogen and oxygen atoms in total. The van der Waals surface area contributed by atoms with Crippen molar-refractivity contribution in [1.82, 2.24) is 5.32 Å². The second kappa shape index (κ2) is 4.11. The van der Waals surface area contributed by atoms with Crippen LogP contribution >= 0.6 is 11.6 Å². The van der Waals surface area contributed by atoms with Gasteiger partial charge in [-0.15, -0.1) is 0 Å². The highest BCUT2D eigenvalue weighted by Gasteiger charge is 2.11. The van der Waals surface area contributed by atoms with Crippen LogP contribution in [0.5, 0.6) is 0 Å². The van der Waals surface area contributed by atoms with Gasteiger partial charge in [-0.1, -0.05) is 0 Å². The first kappa shape index (κ1) is 9.23. The molecule has 0 radical (unpaired) electrons. The van der Waals surface area contributed by atoms with E-state index in [0.29, 0.717) is 0 Å². The quantitative estimate of drug-likeness (QED) is 0.607. The van der Waals surface area contributed by atoms with E-state index in [1.165, 1.54) is 14.0 Å². The summed E-state index contributed by atoms with van der Waals surface area (Å²) in [6.07, 6.45) is -0.665. The van der Waals surface area contributed by atoms with E-state index in [1.54, 1.807) is 0 Å². The molecule has 1 N–H and O–H groups in total. The van der Waals surface area contributed by atoms with Crippen molar-refractivity contribution in [2.24, 2.45) is 0 Å². The van der Waals surface area contributed by atoms with Gasteiger partial charge >= 0.3 is 6.09 Å². The van der Waals surface area contributed by atoms with Crippen LogP contribution in [0.15, 0.2) is 0 Å². The summed E-state index contributed by atoms with van der Waals surface area (Å²) in [6, 6.07) is -0.700. The van der Waals surface area contributed by atoms with E-state index in [4.69, 9.17) is 11.6 Å². The predicted octanol–water partition coefficient (Wildman–Crippen LogP) is 0.496. The first-order chi connectivity index (χ1) is 4.57. The molecule has 10 heavy (non-hydrogen) atoms. The van der Waals surface area contributed by atoms with Gasteiger partial charge in [0.05, 0.1) is 7.11 Å². The average Bonchev–Trinajstić information content (AvgIpc) is 1.87. The standard InChI is InChI=1S/C5H8ClNO3/c1-3(4(6)8)7-5(9)10-2/h3H,1-2H3,(H,7,9)/t3-/m0/s1. The van der Waals surface area contributed by atoms with E-state index in [9.17, 15) is 9.59 Å². The topological polar surface area (TPSA) is 55.4 Å². The molecule has 0 heterocycles. The lowest BCUT2D eigenvalue weighted by Crippen LogP contribution is -2.36. The van der Waals surface area contributed by atoms with Gasteiger partial charge in [-0.2, -0.15) is 0 Å². The Balaban J connectivity index is 3.68. The fraction of sp³-hybridized carbons (Fsp3) is 0.600. The van der Waals surface area contributed by atoms with Crippen molar-refractivity contribution in [1.29, 1.82) is 0 Å². The summed E-state index contributed by atoms with van der Waals surface area (Å²) in [7, 11) is 1.21. The van der Waals surface area contributed by atoms with Gasteiger partial charge in [0.25, 0.3) is 0 Å². The second-order valence-electron chi connectivity index (χ2n) is 1.66. The van der Waals surface area contributed by atoms with Crippen molar-refractivity contribution >= 4 is 22.9 Å². The summed E-state index contributed by atoms with van der Waals surface area (Å²) in [4.78, 5) is 20.7. The van der Waals surface area contributed by atoms with Gasteiger partial charge in [-0.25, -0.2) is 4.79 Å². The maximum atomic E-state index is 10.4. The Bertz CT molecular complexity index is 148. The molecule has 0 fully saturated rings. The van der Waals surface area contributed by atoms with Gasteiger partial charge in [0.2, 0.25) is 5.24 Å². The first-order valence-electron chi connectivity index (χ1n) is 2.61. The van der Waals surface area contributed by atoms with Crippen LogP contribution in [0.4, 0.5) is 4.79 Å². The zero-order valence-corrected chi connectivity index (χ0v) is 6.44. The molecule has 0 rings (SSSR count). The van der Waals surface area contributed by atoms with E-state index in [2.05, 4.69) is 10.1 Å². The average molecular weight is 166 g/mol. The Morgan fingerprint density at radius 1 is 1.60 bits per heavy atom. The van der Waals surface area contributed by atoms with Crippen LogP contribution in [0.2, 0.25) is 0 Å². The Hall–Kier alpha value is -0.770. The third kappa shape index (κ3) is 3.29. The van der Waals surface area contributed by atoms with Gasteiger partial charge in [-0.3, -0.25) is 4.79 Å². The summed E-state index contributed by atoms with van der Waals surface area (Å²) < 4.78 is 4.21. The number of halogens is 1. The Labute approximate surface area is 63.5 Å². The Morgan fingerprint density at radius 2 is 2.10 bits per heavy atom. The third-order valence-electron chi connectivity index (χ3n) is 0.860. The number of rotatable bonds is 2. The zero-order chi connectivity index (χ0) is 8.15. The monoisotopic (exact) mass is 165 g/mol. The molecule has 0 aromatic carbocycles. The van der Waals surface area contributed by atoms with E-state index in [1.807, 2.05) is 0 Å². The van der Waals surface area contributed by atoms with Crippen LogP contribution in [-0.4, -0.2) is 24.5 Å². The first-order valence-corrected chi connectivity index (χ1v) is 2.99. The van der Waals surface area contributed by atoms with Crippen molar-refractivity contribution in [3.8, 4) is 0 Å². The van der Waals surface area contributed by atoms with E-state index >= 15 is 0 Å². The lowest BCUT2D eigenvalue weighted by molar-refractivity contribution is -0.113. The molecule has 0 aliphatic heterocycles. The smallest absolute Gasteiger partial charge is 0.407 e. The number of carbonyl (C=O) groups is 2. The van der Waals surface area contributed by atoms with Crippen LogP contribution in [0.25, 0.3) is 0 Å². The highest BCUT2D eigenvalue weighted by Crippen LogP contribution is 1.89. The normalized spacial score (nSPS) is 11.9. The molecule has 5 heteroatoms. The predicted molar refractivity (Wildman–Crippen MR) is 35.9 cm³/mol. The maximum absolute atomic E-state index is 10.4. The molecule has 0 aliphatic carbocycles. The minimum atomic E-state index is -0.700. The number of alkyl carbamates (subject to hydrolysis) is 1. The molecule has 0 aromatic rings. The Kier molecular flexibility index (Phi) is 3.79. The van der Waals surface area contributed by atoms with Gasteiger partial charge < -0.3 is 10.1 Å². The number of hydrogen-bond donors (Lipinski definition) is 1. The molecule has 1 amide bonds. The van der Waals surface area contributed by atoms with Gasteiger partial charge in [0.15, 0.2) is 0 Å². The Morgan fingerprint density at radius 3 is 2.40 bits per heavy atom. The van der Waals surface area contributed by atoms with E-state index in [0.717, 1.165) is 0 Å². The highest BCUT2D eigenvalue weighted by molar-refractivity contribution is 6.64. The van der Waals surface area contributed by atoms with Crippen molar-refractivity contribution < 1.29 is 14.3 Å². The summed E-state index contributed by atoms with van der Waals surface area (Å²) in [5.74, 6) is 0. The SMILES string of the molecule is COC(=O)N[C@@H](C)C(=O)Cl. The maximum Gasteiger partial charge on any atom is 0.407 e. The highest BCUT2D eigenvalue weighted by atomic mass is 35.5. The van der Waals surface area contributed by atoms with Crippen molar-refractivity contribution in [2.45, 2.75) is 13.0 Å². The molecule has 1 atom stereocenters. The second-order valence-corrected chi connectivity index (χ2v) is 2.03. The van der Waals surface area contributed by atoms with Crippen LogP contribution in [0.3, 0.4) is 0 Å². The van der Waals surface area contributed by atoms with Crippen molar-refractivity contribution in [3.63, 3.8) is 0 Å². The molecule has 0 unspecified atom stereocenters. The van der Waals surface area contributed by atoms with Gasteiger partial charge in [-0.05, 0) is 18.5 Å². The molecule has 0 bridgehead atoms. The van der Waals surface area contributed by atoms with Gasteiger partial charge in [0, 0.05) is 0 Å². The van der Waals surface area contributed by atoms with Crippen LogP contribution < -0.4 is 5.32 Å². The fourth-order valence-electron chi connectivity index (χ4n) is 0.292. The molecule has 0 aromatic heterocycles. The summed E-state index contributed by atoms with van der Waals surface area (Å²) in [6.45, 7) is 1.46. The van der Waals surface area contributed by atoms with Crippen molar-refractivity contribution in [2.75, 3.05) is 7.11 Å². The van der Waals surface area contributed by atoms with Gasteiger partial charge in [0.1, 0.15) is 6.04 Å². The number of hydrogen-bond acceptors (Lipinski definition) is 3. The molecular formula is C5H8ClNO3. The van der Waals surface area contributed by atoms with E-state index in [-0.39, 0.29) is 0 Å². The summed E-state index contributed by atoms with van der Waals surface area (Å²) in [5, 5.41) is 1.57. The number of carbonyl (C=O) groups excluding carboxylic acids is 2. The summed E-state index contributed by atoms with van der Waals surface area (Å²) >= 11 is 5.02. The number of methoxy groups -OCH3 is 1. The molecular weight excluding hydrogens is 158 g/mol. The number of ether oxygens (including phenoxy) is 1. The van der Waals surface area contributed by atoms with Crippen LogP contribution in [-0.2, 0) is 9.53 Å². The lowest BCUT2D eigenvalue weighted by atomic mass is 10.4.